The van der Waals surface area contributed by atoms with Crippen molar-refractivity contribution in [3.63, 3.8) is 0 Å². The Hall–Kier alpha value is -2.60. The number of aromatic nitrogens is 1. The lowest BCUT2D eigenvalue weighted by atomic mass is 10.1. The predicted molar refractivity (Wildman–Crippen MR) is 102 cm³/mol. The Kier molecular flexibility index (Phi) is 5.73. The van der Waals surface area contributed by atoms with Gasteiger partial charge in [-0.2, -0.15) is 0 Å². The first kappa shape index (κ1) is 18.2. The molecule has 138 valence electrons. The number of carbonyl (C=O) groups is 1. The number of hydrogen-bond donors (Lipinski definition) is 1. The second-order valence-corrected chi connectivity index (χ2v) is 6.66. The van der Waals surface area contributed by atoms with Crippen molar-refractivity contribution in [2.45, 2.75) is 20.4 Å². The maximum absolute atomic E-state index is 11.9. The van der Waals surface area contributed by atoms with E-state index in [1.54, 1.807) is 6.08 Å². The van der Waals surface area contributed by atoms with Crippen LogP contribution in [0.3, 0.4) is 0 Å². The molecule has 0 aliphatic carbocycles. The summed E-state index contributed by atoms with van der Waals surface area (Å²) in [5.74, 6) is 0.341. The minimum atomic E-state index is -0.237. The lowest BCUT2D eigenvalue weighted by molar-refractivity contribution is 0.0953. The quantitative estimate of drug-likeness (QED) is 0.808. The van der Waals surface area contributed by atoms with Gasteiger partial charge in [-0.05, 0) is 37.1 Å². The van der Waals surface area contributed by atoms with Crippen LogP contribution in [0.25, 0.3) is 0 Å². The minimum absolute atomic E-state index is 0.237. The van der Waals surface area contributed by atoms with E-state index in [2.05, 4.69) is 58.7 Å². The molecule has 1 N–H and O–H groups in total. The van der Waals surface area contributed by atoms with E-state index >= 15 is 0 Å². The van der Waals surface area contributed by atoms with Gasteiger partial charge in [-0.3, -0.25) is 9.69 Å². The number of benzene rings is 1. The van der Waals surface area contributed by atoms with Crippen LogP contribution in [0, 0.1) is 13.8 Å². The average molecular weight is 354 g/mol. The Morgan fingerprint density at radius 2 is 2.04 bits per heavy atom. The van der Waals surface area contributed by atoms with Crippen molar-refractivity contribution >= 4 is 11.6 Å². The SMILES string of the molecule is C=CCNC(=O)c1coc(CN2CCN(c3ccc(C)c(C)c3)CC2)n1. The average Bonchev–Trinajstić information content (AvgIpc) is 3.11. The molecule has 0 unspecified atom stereocenters. The summed E-state index contributed by atoms with van der Waals surface area (Å²) in [6.07, 6.45) is 3.05. The van der Waals surface area contributed by atoms with Crippen molar-refractivity contribution in [3.05, 3.63) is 59.8 Å². The first-order valence-corrected chi connectivity index (χ1v) is 8.95. The van der Waals surface area contributed by atoms with Crippen LogP contribution >= 0.6 is 0 Å². The van der Waals surface area contributed by atoms with Crippen molar-refractivity contribution in [2.24, 2.45) is 0 Å². The first-order valence-electron chi connectivity index (χ1n) is 8.95. The predicted octanol–water partition coefficient (Wildman–Crippen LogP) is 2.53. The van der Waals surface area contributed by atoms with Gasteiger partial charge in [-0.15, -0.1) is 6.58 Å². The van der Waals surface area contributed by atoms with E-state index in [-0.39, 0.29) is 5.91 Å². The van der Waals surface area contributed by atoms with Gasteiger partial charge in [0.1, 0.15) is 6.26 Å². The topological polar surface area (TPSA) is 61.6 Å². The van der Waals surface area contributed by atoms with E-state index in [1.165, 1.54) is 23.1 Å². The highest BCUT2D eigenvalue weighted by Crippen LogP contribution is 2.20. The third kappa shape index (κ3) is 4.32. The summed E-state index contributed by atoms with van der Waals surface area (Å²) in [7, 11) is 0. The molecular formula is C20H26N4O2. The Labute approximate surface area is 154 Å². The summed E-state index contributed by atoms with van der Waals surface area (Å²) in [5, 5.41) is 2.70. The summed E-state index contributed by atoms with van der Waals surface area (Å²) in [4.78, 5) is 20.9. The van der Waals surface area contributed by atoms with E-state index in [0.29, 0.717) is 24.7 Å². The second kappa shape index (κ2) is 8.19. The molecule has 2 aromatic rings. The number of anilines is 1. The molecule has 3 rings (SSSR count). The number of nitrogens with zero attached hydrogens (tertiary/aromatic N) is 3. The van der Waals surface area contributed by atoms with Crippen LogP contribution in [0.4, 0.5) is 5.69 Å². The van der Waals surface area contributed by atoms with Crippen LogP contribution in [0.1, 0.15) is 27.5 Å². The van der Waals surface area contributed by atoms with Crippen molar-refractivity contribution in [1.82, 2.24) is 15.2 Å². The largest absolute Gasteiger partial charge is 0.447 e. The summed E-state index contributed by atoms with van der Waals surface area (Å²) in [6.45, 7) is 12.7. The van der Waals surface area contributed by atoms with Gasteiger partial charge in [0.2, 0.25) is 5.89 Å². The zero-order chi connectivity index (χ0) is 18.5. The van der Waals surface area contributed by atoms with Gasteiger partial charge in [0.15, 0.2) is 5.69 Å². The molecule has 0 radical (unpaired) electrons. The molecule has 1 saturated heterocycles. The molecule has 0 atom stereocenters. The number of piperazine rings is 1. The molecular weight excluding hydrogens is 328 g/mol. The van der Waals surface area contributed by atoms with Crippen molar-refractivity contribution < 1.29 is 9.21 Å². The van der Waals surface area contributed by atoms with E-state index in [4.69, 9.17) is 4.42 Å². The maximum Gasteiger partial charge on any atom is 0.273 e. The summed E-state index contributed by atoms with van der Waals surface area (Å²) in [5.41, 5.74) is 4.25. The van der Waals surface area contributed by atoms with E-state index in [1.807, 2.05) is 0 Å². The van der Waals surface area contributed by atoms with Gasteiger partial charge >= 0.3 is 0 Å². The lowest BCUT2D eigenvalue weighted by Crippen LogP contribution is -2.46. The third-order valence-electron chi connectivity index (χ3n) is 4.78. The standard InChI is InChI=1S/C20H26N4O2/c1-4-7-21-20(25)18-14-26-19(22-18)13-23-8-10-24(11-9-23)17-6-5-15(2)16(3)12-17/h4-6,12,14H,1,7-11,13H2,2-3H3,(H,21,25). The Bertz CT molecular complexity index is 776. The van der Waals surface area contributed by atoms with Crippen molar-refractivity contribution in [3.8, 4) is 0 Å². The molecule has 6 nitrogen and oxygen atoms in total. The van der Waals surface area contributed by atoms with Crippen molar-refractivity contribution in [1.29, 1.82) is 0 Å². The molecule has 2 heterocycles. The number of rotatable bonds is 6. The molecule has 1 aromatic carbocycles. The smallest absolute Gasteiger partial charge is 0.273 e. The van der Waals surface area contributed by atoms with Gasteiger partial charge in [-0.25, -0.2) is 4.98 Å². The van der Waals surface area contributed by atoms with E-state index in [0.717, 1.165) is 26.2 Å². The fourth-order valence-electron chi connectivity index (χ4n) is 3.02. The summed E-state index contributed by atoms with van der Waals surface area (Å²) >= 11 is 0. The number of oxazole rings is 1. The van der Waals surface area contributed by atoms with E-state index in [9.17, 15) is 4.79 Å². The highest BCUT2D eigenvalue weighted by molar-refractivity contribution is 5.91. The molecule has 1 aromatic heterocycles. The first-order chi connectivity index (χ1) is 12.6. The molecule has 0 spiro atoms. The van der Waals surface area contributed by atoms with Gasteiger partial charge in [0.05, 0.1) is 6.54 Å². The minimum Gasteiger partial charge on any atom is -0.447 e. The van der Waals surface area contributed by atoms with Gasteiger partial charge < -0.3 is 14.6 Å². The molecule has 26 heavy (non-hydrogen) atoms. The molecule has 1 aliphatic heterocycles. The van der Waals surface area contributed by atoms with Crippen LogP contribution < -0.4 is 10.2 Å². The second-order valence-electron chi connectivity index (χ2n) is 6.66. The summed E-state index contributed by atoms with van der Waals surface area (Å²) in [6, 6.07) is 6.64. The Balaban J connectivity index is 1.52. The number of nitrogens with one attached hydrogen (secondary N) is 1. The zero-order valence-electron chi connectivity index (χ0n) is 15.5. The van der Waals surface area contributed by atoms with Crippen LogP contribution in [-0.4, -0.2) is 48.5 Å². The molecule has 1 amide bonds. The lowest BCUT2D eigenvalue weighted by Gasteiger charge is -2.35. The Morgan fingerprint density at radius 1 is 1.27 bits per heavy atom. The fraction of sp³-hybridized carbons (Fsp3) is 0.400. The maximum atomic E-state index is 11.9. The van der Waals surface area contributed by atoms with Crippen molar-refractivity contribution in [2.75, 3.05) is 37.6 Å². The third-order valence-corrected chi connectivity index (χ3v) is 4.78. The fourth-order valence-corrected chi connectivity index (χ4v) is 3.02. The molecule has 0 bridgehead atoms. The van der Waals surface area contributed by atoms with Gasteiger partial charge in [-0.1, -0.05) is 12.1 Å². The highest BCUT2D eigenvalue weighted by Gasteiger charge is 2.20. The van der Waals surface area contributed by atoms with Gasteiger partial charge in [0, 0.05) is 38.4 Å². The summed E-state index contributed by atoms with van der Waals surface area (Å²) < 4.78 is 5.46. The van der Waals surface area contributed by atoms with Crippen LogP contribution in [-0.2, 0) is 6.54 Å². The monoisotopic (exact) mass is 354 g/mol. The number of aryl methyl sites for hydroxylation is 2. The molecule has 1 aliphatic rings. The zero-order valence-corrected chi connectivity index (χ0v) is 15.5. The Morgan fingerprint density at radius 3 is 2.73 bits per heavy atom. The number of amides is 1. The number of carbonyl (C=O) groups excluding carboxylic acids is 1. The van der Waals surface area contributed by atoms with Gasteiger partial charge in [0.25, 0.3) is 5.91 Å². The van der Waals surface area contributed by atoms with Crippen LogP contribution in [0.15, 0.2) is 41.5 Å². The van der Waals surface area contributed by atoms with Crippen LogP contribution in [0.5, 0.6) is 0 Å². The molecule has 0 saturated carbocycles. The molecule has 6 heteroatoms. The highest BCUT2D eigenvalue weighted by atomic mass is 16.3. The number of hydrogen-bond acceptors (Lipinski definition) is 5. The molecule has 1 fully saturated rings. The normalized spacial score (nSPS) is 15.1. The van der Waals surface area contributed by atoms with Crippen LogP contribution in [0.2, 0.25) is 0 Å². The van der Waals surface area contributed by atoms with E-state index < -0.39 is 0 Å².